The van der Waals surface area contributed by atoms with E-state index in [-0.39, 0.29) is 17.8 Å². The molecule has 1 N–H and O–H groups in total. The Bertz CT molecular complexity index is 690. The van der Waals surface area contributed by atoms with Gasteiger partial charge in [0.1, 0.15) is 5.82 Å². The highest BCUT2D eigenvalue weighted by Crippen LogP contribution is 2.19. The maximum Gasteiger partial charge on any atom is 0.253 e. The van der Waals surface area contributed by atoms with E-state index in [4.69, 9.17) is 11.6 Å². The number of halogens is 2. The van der Waals surface area contributed by atoms with Crippen molar-refractivity contribution in [1.29, 1.82) is 0 Å². The molecule has 2 aromatic carbocycles. The van der Waals surface area contributed by atoms with Crippen LogP contribution in [0.25, 0.3) is 0 Å². The van der Waals surface area contributed by atoms with Crippen LogP contribution < -0.4 is 5.32 Å². The van der Waals surface area contributed by atoms with Crippen molar-refractivity contribution in [2.45, 2.75) is 18.9 Å². The summed E-state index contributed by atoms with van der Waals surface area (Å²) in [5.41, 5.74) is 1.48. The summed E-state index contributed by atoms with van der Waals surface area (Å²) in [7, 11) is 0. The van der Waals surface area contributed by atoms with E-state index < -0.39 is 0 Å². The number of carbonyl (C=O) groups is 1. The summed E-state index contributed by atoms with van der Waals surface area (Å²) in [5.74, 6) is -0.255. The van der Waals surface area contributed by atoms with Crippen LogP contribution in [0, 0.1) is 5.82 Å². The van der Waals surface area contributed by atoms with Crippen LogP contribution in [0.5, 0.6) is 0 Å². The third-order valence-corrected chi connectivity index (χ3v) is 4.23. The Morgan fingerprint density at radius 1 is 1.22 bits per heavy atom. The van der Waals surface area contributed by atoms with E-state index in [1.165, 1.54) is 12.1 Å². The van der Waals surface area contributed by atoms with Crippen LogP contribution >= 0.6 is 11.6 Å². The molecule has 0 radical (unpaired) electrons. The molecule has 2 aromatic rings. The number of nitrogens with zero attached hydrogens (tertiary/aromatic N) is 1. The van der Waals surface area contributed by atoms with Gasteiger partial charge in [0, 0.05) is 35.4 Å². The lowest BCUT2D eigenvalue weighted by Crippen LogP contribution is -2.45. The molecule has 0 aromatic heterocycles. The molecule has 1 aliphatic heterocycles. The third kappa shape index (κ3) is 4.02. The van der Waals surface area contributed by atoms with E-state index in [0.29, 0.717) is 17.1 Å². The maximum atomic E-state index is 13.0. The molecule has 120 valence electrons. The molecule has 23 heavy (non-hydrogen) atoms. The quantitative estimate of drug-likeness (QED) is 0.913. The SMILES string of the molecule is O=C(c1cccc(Cl)c1)N1CCC[C@@H](Nc2ccc(F)cc2)C1. The van der Waals surface area contributed by atoms with Crippen LogP contribution in [0.1, 0.15) is 23.2 Å². The molecule has 3 nitrogen and oxygen atoms in total. The smallest absolute Gasteiger partial charge is 0.253 e. The van der Waals surface area contributed by atoms with Crippen molar-refractivity contribution in [3.05, 3.63) is 64.9 Å². The Hall–Kier alpha value is -2.07. The summed E-state index contributed by atoms with van der Waals surface area (Å²) in [6.45, 7) is 1.37. The lowest BCUT2D eigenvalue weighted by atomic mass is 10.0. The van der Waals surface area contributed by atoms with Gasteiger partial charge < -0.3 is 10.2 Å². The van der Waals surface area contributed by atoms with Gasteiger partial charge in [-0.1, -0.05) is 17.7 Å². The predicted octanol–water partition coefficient (Wildman–Crippen LogP) is 4.20. The summed E-state index contributed by atoms with van der Waals surface area (Å²) in [6, 6.07) is 13.5. The Labute approximate surface area is 140 Å². The van der Waals surface area contributed by atoms with Gasteiger partial charge in [-0.2, -0.15) is 0 Å². The van der Waals surface area contributed by atoms with Gasteiger partial charge in [-0.3, -0.25) is 4.79 Å². The number of hydrogen-bond donors (Lipinski definition) is 1. The van der Waals surface area contributed by atoms with E-state index in [9.17, 15) is 9.18 Å². The third-order valence-electron chi connectivity index (χ3n) is 4.00. The van der Waals surface area contributed by atoms with Crippen LogP contribution in [-0.2, 0) is 0 Å². The van der Waals surface area contributed by atoms with Crippen LogP contribution in [0.2, 0.25) is 5.02 Å². The zero-order valence-electron chi connectivity index (χ0n) is 12.6. The Balaban J connectivity index is 1.66. The molecule has 0 spiro atoms. The molecule has 0 bridgehead atoms. The molecule has 0 aliphatic carbocycles. The fourth-order valence-electron chi connectivity index (χ4n) is 2.87. The monoisotopic (exact) mass is 332 g/mol. The number of hydrogen-bond acceptors (Lipinski definition) is 2. The number of rotatable bonds is 3. The highest BCUT2D eigenvalue weighted by molar-refractivity contribution is 6.30. The van der Waals surface area contributed by atoms with Crippen molar-refractivity contribution >= 4 is 23.2 Å². The van der Waals surface area contributed by atoms with Crippen LogP contribution in [0.15, 0.2) is 48.5 Å². The first-order valence-electron chi connectivity index (χ1n) is 7.69. The van der Waals surface area contributed by atoms with E-state index in [1.54, 1.807) is 36.4 Å². The number of benzene rings is 2. The van der Waals surface area contributed by atoms with Crippen molar-refractivity contribution in [2.75, 3.05) is 18.4 Å². The molecule has 1 heterocycles. The minimum absolute atomic E-state index is 0.00175. The minimum atomic E-state index is -0.253. The number of likely N-dealkylation sites (tertiary alicyclic amines) is 1. The van der Waals surface area contributed by atoms with Crippen molar-refractivity contribution in [1.82, 2.24) is 4.90 Å². The van der Waals surface area contributed by atoms with Gasteiger partial charge >= 0.3 is 0 Å². The second kappa shape index (κ2) is 7.01. The molecule has 1 atom stereocenters. The second-order valence-corrected chi connectivity index (χ2v) is 6.19. The number of carbonyl (C=O) groups excluding carboxylic acids is 1. The van der Waals surface area contributed by atoms with Gasteiger partial charge in [0.2, 0.25) is 0 Å². The normalized spacial score (nSPS) is 17.8. The van der Waals surface area contributed by atoms with Gasteiger partial charge in [-0.25, -0.2) is 4.39 Å². The van der Waals surface area contributed by atoms with Crippen molar-refractivity contribution in [3.63, 3.8) is 0 Å². The molecular weight excluding hydrogens is 315 g/mol. The average molecular weight is 333 g/mol. The number of amides is 1. The molecule has 0 unspecified atom stereocenters. The Morgan fingerprint density at radius 2 is 2.00 bits per heavy atom. The Kier molecular flexibility index (Phi) is 4.82. The minimum Gasteiger partial charge on any atom is -0.381 e. The van der Waals surface area contributed by atoms with Crippen LogP contribution in [0.3, 0.4) is 0 Å². The van der Waals surface area contributed by atoms with Gasteiger partial charge in [-0.05, 0) is 55.3 Å². The lowest BCUT2D eigenvalue weighted by Gasteiger charge is -2.33. The predicted molar refractivity (Wildman–Crippen MR) is 90.4 cm³/mol. The first-order chi connectivity index (χ1) is 11.1. The molecule has 1 saturated heterocycles. The van der Waals surface area contributed by atoms with Gasteiger partial charge in [-0.15, -0.1) is 0 Å². The summed E-state index contributed by atoms with van der Waals surface area (Å²) in [5, 5.41) is 3.93. The first-order valence-corrected chi connectivity index (χ1v) is 8.06. The standard InChI is InChI=1S/C18H18ClFN2O/c19-14-4-1-3-13(11-14)18(23)22-10-2-5-17(12-22)21-16-8-6-15(20)7-9-16/h1,3-4,6-9,11,17,21H,2,5,10,12H2/t17-/m1/s1. The first kappa shape index (κ1) is 15.8. The fourth-order valence-corrected chi connectivity index (χ4v) is 3.06. The zero-order chi connectivity index (χ0) is 16.2. The molecule has 1 aliphatic rings. The lowest BCUT2D eigenvalue weighted by molar-refractivity contribution is 0.0715. The maximum absolute atomic E-state index is 13.0. The van der Waals surface area contributed by atoms with Crippen molar-refractivity contribution < 1.29 is 9.18 Å². The Morgan fingerprint density at radius 3 is 2.74 bits per heavy atom. The largest absolute Gasteiger partial charge is 0.381 e. The molecule has 5 heteroatoms. The van der Waals surface area contributed by atoms with Crippen molar-refractivity contribution in [2.24, 2.45) is 0 Å². The van der Waals surface area contributed by atoms with Gasteiger partial charge in [0.05, 0.1) is 0 Å². The average Bonchev–Trinajstić information content (AvgIpc) is 2.56. The highest BCUT2D eigenvalue weighted by Gasteiger charge is 2.24. The van der Waals surface area contributed by atoms with Crippen LogP contribution in [-0.4, -0.2) is 29.9 Å². The molecule has 3 rings (SSSR count). The molecule has 1 amide bonds. The molecule has 0 saturated carbocycles. The molecule has 1 fully saturated rings. The topological polar surface area (TPSA) is 32.3 Å². The van der Waals surface area contributed by atoms with Gasteiger partial charge in [0.25, 0.3) is 5.91 Å². The van der Waals surface area contributed by atoms with Gasteiger partial charge in [0.15, 0.2) is 0 Å². The van der Waals surface area contributed by atoms with E-state index in [2.05, 4.69) is 5.32 Å². The van der Waals surface area contributed by atoms with E-state index in [0.717, 1.165) is 25.1 Å². The number of nitrogens with one attached hydrogen (secondary N) is 1. The van der Waals surface area contributed by atoms with Crippen molar-refractivity contribution in [3.8, 4) is 0 Å². The van der Waals surface area contributed by atoms with Crippen LogP contribution in [0.4, 0.5) is 10.1 Å². The summed E-state index contributed by atoms with van der Waals surface area (Å²) < 4.78 is 13.0. The molecular formula is C18H18ClFN2O. The summed E-state index contributed by atoms with van der Waals surface area (Å²) in [4.78, 5) is 14.4. The number of piperidine rings is 1. The van der Waals surface area contributed by atoms with E-state index in [1.807, 2.05) is 4.90 Å². The summed E-state index contributed by atoms with van der Waals surface area (Å²) >= 11 is 5.96. The number of anilines is 1. The highest BCUT2D eigenvalue weighted by atomic mass is 35.5. The zero-order valence-corrected chi connectivity index (χ0v) is 13.4. The second-order valence-electron chi connectivity index (χ2n) is 5.75. The summed E-state index contributed by atoms with van der Waals surface area (Å²) in [6.07, 6.45) is 1.92. The fraction of sp³-hybridized carbons (Fsp3) is 0.278. The van der Waals surface area contributed by atoms with E-state index >= 15 is 0 Å².